The van der Waals surface area contributed by atoms with E-state index in [1.54, 1.807) is 0 Å². The Morgan fingerprint density at radius 3 is 0.871 bits per heavy atom. The minimum atomic E-state index is -0.180. The van der Waals surface area contributed by atoms with Crippen molar-refractivity contribution < 1.29 is 34.6 Å². The van der Waals surface area contributed by atoms with Crippen LogP contribution in [0.25, 0.3) is 0 Å². The van der Waals surface area contributed by atoms with E-state index in [1.807, 2.05) is 49.6 Å². The van der Waals surface area contributed by atoms with Crippen molar-refractivity contribution in [2.24, 2.45) is 28.1 Å². The van der Waals surface area contributed by atoms with E-state index in [0.29, 0.717) is 104 Å². The molecule has 24 rings (SSSR count). The summed E-state index contributed by atoms with van der Waals surface area (Å²) in [7, 11) is 0. The number of anilines is 8. The third kappa shape index (κ3) is 24.5. The molecule has 6 spiro atoms. The largest absolute Gasteiger partial charge is 0.393 e. The summed E-state index contributed by atoms with van der Waals surface area (Å²) in [4.78, 5) is 55.7. The lowest BCUT2D eigenvalue weighted by atomic mass is 9.62. The van der Waals surface area contributed by atoms with E-state index in [4.69, 9.17) is 14.2 Å². The molecule has 24 nitrogen and oxygen atoms in total. The van der Waals surface area contributed by atoms with Crippen LogP contribution in [0.1, 0.15) is 319 Å². The highest BCUT2D eigenvalue weighted by Gasteiger charge is 2.55. The topological polar surface area (TPSA) is 250 Å². The Kier molecular flexibility index (Phi) is 32.1. The van der Waals surface area contributed by atoms with Gasteiger partial charge in [0.2, 0.25) is 0 Å². The Morgan fingerprint density at radius 1 is 0.273 bits per heavy atom. The SMILES string of the molecule is CC(C)c1ccc(N2CC(O)CCC23CC3)cn1.CC(C)c1ccc(N2CC3(CC(O)C3)C2)cn1.CC(C)c1ccc(N2CC3(COC3)C2)cn1.CC(C)c1ccc(N2CC3CCC(C2)C3O)cn1.CC(C)c1ccc(N2CC3CCC(C2)N3)cn1.CC(C)c1ccc(N2CCC3(CC2)COC3)cn1.CC(C)c1ccc(N2CCOCC23CC3)cn1.CC(C)c1ccc(N2C[C@@H](O)CCC23CC3)cn1. The number of hydrogen-bond donors (Lipinski definition) is 5. The van der Waals surface area contributed by atoms with Crippen LogP contribution in [0.15, 0.2) is 147 Å². The summed E-state index contributed by atoms with van der Waals surface area (Å²) in [6, 6.07) is 36.1. The molecule has 8 aromatic heterocycles. The van der Waals surface area contributed by atoms with Crippen molar-refractivity contribution in [2.75, 3.05) is 164 Å². The van der Waals surface area contributed by atoms with Gasteiger partial charge in [0, 0.05) is 176 Å². The maximum Gasteiger partial charge on any atom is 0.0716 e. The van der Waals surface area contributed by atoms with Crippen LogP contribution < -0.4 is 44.5 Å². The predicted octanol–water partition coefficient (Wildman–Crippen LogP) is 19.6. The summed E-state index contributed by atoms with van der Waals surface area (Å²) in [5, 5.41) is 42.8. The van der Waals surface area contributed by atoms with Crippen LogP contribution in [0.3, 0.4) is 0 Å². The first kappa shape index (κ1) is 102. The summed E-state index contributed by atoms with van der Waals surface area (Å²) < 4.78 is 16.2. The fourth-order valence-electron chi connectivity index (χ4n) is 23.2. The average Bonchev–Trinajstić information content (AvgIpc) is 1.71. The van der Waals surface area contributed by atoms with Gasteiger partial charge in [0.1, 0.15) is 0 Å². The van der Waals surface area contributed by atoms with E-state index in [2.05, 4.69) is 292 Å². The molecular formula is C115H167N17O7. The number of hydrogen-bond acceptors (Lipinski definition) is 24. The smallest absolute Gasteiger partial charge is 0.0716 e. The molecule has 4 bridgehead atoms. The van der Waals surface area contributed by atoms with Crippen molar-refractivity contribution in [3.05, 3.63) is 192 Å². The van der Waals surface area contributed by atoms with Crippen LogP contribution in [0.5, 0.6) is 0 Å². The zero-order chi connectivity index (χ0) is 97.7. The van der Waals surface area contributed by atoms with Crippen molar-refractivity contribution in [2.45, 2.75) is 327 Å². The molecule has 11 saturated heterocycles. The Labute approximate surface area is 831 Å². The fourth-order valence-corrected chi connectivity index (χ4v) is 23.2. The van der Waals surface area contributed by atoms with E-state index in [9.17, 15) is 20.4 Å². The highest BCUT2D eigenvalue weighted by molar-refractivity contribution is 5.56. The molecule has 754 valence electrons. The first-order chi connectivity index (χ1) is 66.7. The number of morpholine rings is 1. The lowest BCUT2D eigenvalue weighted by molar-refractivity contribution is -0.127. The molecule has 0 radical (unpaired) electrons. The lowest BCUT2D eigenvalue weighted by Gasteiger charge is -2.58. The van der Waals surface area contributed by atoms with Gasteiger partial charge in [-0.2, -0.15) is 0 Å². The molecule has 5 N–H and O–H groups in total. The number of aliphatic hydroxyl groups is 4. The monoisotopic (exact) mass is 1900 g/mol. The molecule has 19 heterocycles. The van der Waals surface area contributed by atoms with Gasteiger partial charge in [-0.15, -0.1) is 0 Å². The minimum Gasteiger partial charge on any atom is -0.393 e. The third-order valence-electron chi connectivity index (χ3n) is 33.3. The second kappa shape index (κ2) is 43.8. The van der Waals surface area contributed by atoms with Crippen LogP contribution >= 0.6 is 0 Å². The fraction of sp³-hybridized carbons (Fsp3) is 0.652. The van der Waals surface area contributed by atoms with Gasteiger partial charge in [0.15, 0.2) is 0 Å². The first-order valence-electron chi connectivity index (χ1n) is 53.7. The van der Waals surface area contributed by atoms with E-state index in [0.717, 1.165) is 186 Å². The zero-order valence-electron chi connectivity index (χ0n) is 86.9. The second-order valence-corrected chi connectivity index (χ2v) is 47.0. The molecule has 0 aromatic carbocycles. The second-order valence-electron chi connectivity index (χ2n) is 47.0. The van der Waals surface area contributed by atoms with Crippen LogP contribution in [0.2, 0.25) is 0 Å². The van der Waals surface area contributed by atoms with Gasteiger partial charge in [0.25, 0.3) is 0 Å². The number of fused-ring (bicyclic) bond motifs is 4. The molecule has 0 amide bonds. The minimum absolute atomic E-state index is 0.0430. The van der Waals surface area contributed by atoms with Gasteiger partial charge in [0.05, 0.1) is 170 Å². The van der Waals surface area contributed by atoms with Gasteiger partial charge in [-0.25, -0.2) is 0 Å². The van der Waals surface area contributed by atoms with E-state index >= 15 is 0 Å². The number of pyridine rings is 8. The number of ether oxygens (including phenoxy) is 3. The van der Waals surface area contributed by atoms with E-state index < -0.39 is 0 Å². The summed E-state index contributed by atoms with van der Waals surface area (Å²) in [6.07, 6.45) is 36.9. The Balaban J connectivity index is 0.000000110. The standard InChI is InChI=1S/4C15H22N2O.C14H21N3.2C14H20N2O.C13H18N2O/c1-12(2)14-4-3-13(9-16-14)17-7-5-15(6-8-17)10-18-11-15;1-10(2)14-6-5-13(7-16-14)17-8-11-3-4-12(9-17)15(11)18;2*1-11(2)14-4-3-12(9-16-14)17-10-13(18)5-6-15(17)7-8-15;1-10(2)14-6-5-13(7-15-14)17-8-11-3-4-12(9-17)16-11;1-10(2)13-4-3-11(7-15-13)16-8-14(9-16)5-12(17)6-14;1-11(2)13-4-3-12(9-15-13)16-7-8-17-10-14(16)5-6-14;1-10(2)12-4-3-11(5-14-12)15-6-13(7-15)8-16-9-13/h3-4,9,12H,5-8,10-11H2,1-2H3;5-7,10-12,15,18H,3-4,8-9H2,1-2H3;2*3-4,9,11,13,18H,5-8,10H2,1-2H3;5-7,10-12,16H,3-4,8-9H2,1-2H3;3-4,7,10,12,17H,5-6,8-9H2,1-2H3;3-4,9,11H,5-8,10H2,1-2H3;3-5,10H,6-9H2,1-2H3/t;;13-;;;;;/m..0...../s1. The molecule has 139 heavy (non-hydrogen) atoms. The molecule has 11 aliphatic heterocycles. The van der Waals surface area contributed by atoms with Crippen LogP contribution in [0, 0.1) is 28.1 Å². The van der Waals surface area contributed by atoms with Gasteiger partial charge >= 0.3 is 0 Å². The summed E-state index contributed by atoms with van der Waals surface area (Å²) in [5.41, 5.74) is 21.6. The number of piperidine rings is 4. The summed E-state index contributed by atoms with van der Waals surface area (Å²) >= 11 is 0. The van der Waals surface area contributed by atoms with Crippen LogP contribution in [-0.2, 0) is 14.2 Å². The summed E-state index contributed by atoms with van der Waals surface area (Å²) in [6.45, 7) is 53.9. The number of β-amino-alcohol motifs (C(OH)–C–C–N with tert-alkyl or cyclic N) is 2. The zero-order valence-corrected chi connectivity index (χ0v) is 86.9. The third-order valence-corrected chi connectivity index (χ3v) is 33.3. The molecule has 16 aliphatic rings. The summed E-state index contributed by atoms with van der Waals surface area (Å²) in [5.74, 6) is 4.90. The van der Waals surface area contributed by atoms with Gasteiger partial charge in [-0.05, 0) is 260 Å². The van der Waals surface area contributed by atoms with E-state index in [1.165, 1.54) is 145 Å². The molecule has 16 fully saturated rings. The Morgan fingerprint density at radius 2 is 0.576 bits per heavy atom. The first-order valence-corrected chi connectivity index (χ1v) is 53.7. The molecule has 5 unspecified atom stereocenters. The van der Waals surface area contributed by atoms with Gasteiger partial charge in [-0.3, -0.25) is 39.9 Å². The number of piperazine rings is 1. The quantitative estimate of drug-likeness (QED) is 0.0603. The number of aliphatic hydroxyl groups excluding tert-OH is 4. The molecule has 6 atom stereocenters. The lowest BCUT2D eigenvalue weighted by Crippen LogP contribution is -2.66. The number of nitrogens with zero attached hydrogens (tertiary/aromatic N) is 16. The highest BCUT2D eigenvalue weighted by atomic mass is 16.5. The van der Waals surface area contributed by atoms with Crippen LogP contribution in [0.4, 0.5) is 45.5 Å². The number of nitrogens with one attached hydrogen (secondary N) is 1. The number of aromatic nitrogens is 8. The van der Waals surface area contributed by atoms with Crippen molar-refractivity contribution in [1.29, 1.82) is 0 Å². The average molecular weight is 1900 g/mol. The van der Waals surface area contributed by atoms with Crippen molar-refractivity contribution in [1.82, 2.24) is 45.2 Å². The molecule has 8 aromatic rings. The Bertz CT molecular complexity index is 5040. The van der Waals surface area contributed by atoms with Crippen molar-refractivity contribution >= 4 is 45.5 Å². The van der Waals surface area contributed by atoms with Crippen molar-refractivity contribution in [3.63, 3.8) is 0 Å². The Hall–Kier alpha value is -8.72. The van der Waals surface area contributed by atoms with Crippen molar-refractivity contribution in [3.8, 4) is 0 Å². The van der Waals surface area contributed by atoms with Gasteiger partial charge in [-0.1, -0.05) is 111 Å². The molecule has 5 saturated carbocycles. The maximum atomic E-state index is 10.0. The van der Waals surface area contributed by atoms with Crippen LogP contribution in [-0.4, -0.2) is 238 Å². The van der Waals surface area contributed by atoms with Gasteiger partial charge < -0.3 is 79.2 Å². The molecule has 24 heteroatoms. The predicted molar refractivity (Wildman–Crippen MR) is 562 cm³/mol. The normalized spacial score (nSPS) is 25.0. The number of rotatable bonds is 16. The molecular weight excluding hydrogens is 1730 g/mol. The highest BCUT2D eigenvalue weighted by Crippen LogP contribution is 2.54. The maximum absolute atomic E-state index is 10.0. The van der Waals surface area contributed by atoms with E-state index in [-0.39, 0.29) is 24.4 Å². The molecule has 5 aliphatic carbocycles.